The highest BCUT2D eigenvalue weighted by Crippen LogP contribution is 2.49. The third-order valence-corrected chi connectivity index (χ3v) is 13.7. The van der Waals surface area contributed by atoms with Gasteiger partial charge in [-0.05, 0) is 85.6 Å². The summed E-state index contributed by atoms with van der Waals surface area (Å²) in [6, 6.07) is 11.6. The van der Waals surface area contributed by atoms with Crippen molar-refractivity contribution >= 4 is 51.8 Å². The maximum atomic E-state index is 17.2. The lowest BCUT2D eigenvalue weighted by molar-refractivity contribution is -0.136. The lowest BCUT2D eigenvalue weighted by atomic mass is 9.87. The molecule has 5 aromatic rings. The zero-order chi connectivity index (χ0) is 47.4. The fourth-order valence-corrected chi connectivity index (χ4v) is 10.2. The summed E-state index contributed by atoms with van der Waals surface area (Å²) >= 11 is 0. The zero-order valence-electron chi connectivity index (χ0n) is 38.9. The number of methoxy groups -OCH3 is 1. The SMILES string of the molecule is COC(=O)N[C@H](C(=O)N1CCC[C@H]1c1nc2c(F)c([C@H]3CC[C@H](c4ccc5[nH]c([C@@H]6CCCN6C(=O)[C@@H](NC(=O)O)C(C)C)nc5c4F)N3c3ccc(C(C)(C)C)cc3)ccc2[nH]1)C(C)C. The number of fused-ring (bicyclic) bond motifs is 2. The Labute approximate surface area is 383 Å². The van der Waals surface area contributed by atoms with E-state index < -0.39 is 60.1 Å². The molecular formula is C49H61F2N9O6. The molecule has 5 N–H and O–H groups in total. The number of carbonyl (C=O) groups is 4. The van der Waals surface area contributed by atoms with E-state index in [-0.39, 0.29) is 40.1 Å². The van der Waals surface area contributed by atoms with Crippen LogP contribution in [-0.2, 0) is 19.7 Å². The number of imidazole rings is 2. The maximum absolute atomic E-state index is 17.2. The van der Waals surface area contributed by atoms with E-state index in [1.54, 1.807) is 41.8 Å². The first-order chi connectivity index (χ1) is 31.4. The van der Waals surface area contributed by atoms with Crippen molar-refractivity contribution in [3.8, 4) is 0 Å². The number of carboxylic acid groups (broad SMARTS) is 1. The second kappa shape index (κ2) is 18.2. The molecular weight excluding hydrogens is 849 g/mol. The molecule has 352 valence electrons. The summed E-state index contributed by atoms with van der Waals surface area (Å²) in [6.45, 7) is 14.5. The Morgan fingerprint density at radius 1 is 0.697 bits per heavy atom. The van der Waals surface area contributed by atoms with E-state index in [4.69, 9.17) is 14.7 Å². The average Bonchev–Trinajstić information content (AvgIpc) is 4.13. The highest BCUT2D eigenvalue weighted by Gasteiger charge is 2.42. The predicted octanol–water partition coefficient (Wildman–Crippen LogP) is 9.10. The van der Waals surface area contributed by atoms with Crippen molar-refractivity contribution in [2.45, 2.75) is 129 Å². The van der Waals surface area contributed by atoms with Crippen molar-refractivity contribution < 1.29 is 37.8 Å². The van der Waals surface area contributed by atoms with E-state index >= 15 is 8.78 Å². The number of aromatic amines is 2. The second-order valence-corrected chi connectivity index (χ2v) is 19.7. The van der Waals surface area contributed by atoms with Crippen molar-refractivity contribution in [1.29, 1.82) is 0 Å². The van der Waals surface area contributed by atoms with Crippen LogP contribution < -0.4 is 15.5 Å². The number of likely N-dealkylation sites (tertiary alicyclic amines) is 2. The first-order valence-electron chi connectivity index (χ1n) is 23.1. The maximum Gasteiger partial charge on any atom is 0.407 e. The molecule has 3 aliphatic rings. The van der Waals surface area contributed by atoms with E-state index in [1.807, 2.05) is 32.0 Å². The summed E-state index contributed by atoms with van der Waals surface area (Å²) < 4.78 is 39.2. The molecule has 0 unspecified atom stereocenters. The third kappa shape index (κ3) is 8.63. The molecule has 17 heteroatoms. The molecule has 0 bridgehead atoms. The van der Waals surface area contributed by atoms with Gasteiger partial charge in [0.2, 0.25) is 11.8 Å². The number of nitrogens with one attached hydrogen (secondary N) is 4. The van der Waals surface area contributed by atoms with Gasteiger partial charge in [0.1, 0.15) is 34.8 Å². The Morgan fingerprint density at radius 2 is 1.15 bits per heavy atom. The number of H-pyrrole nitrogens is 2. The van der Waals surface area contributed by atoms with E-state index in [1.165, 1.54) is 7.11 Å². The van der Waals surface area contributed by atoms with Gasteiger partial charge < -0.3 is 45.1 Å². The summed E-state index contributed by atoms with van der Waals surface area (Å²) in [7, 11) is 1.25. The molecule has 0 aliphatic carbocycles. The number of carbonyl (C=O) groups excluding carboxylic acids is 3. The van der Waals surface area contributed by atoms with Crippen molar-refractivity contribution in [2.24, 2.45) is 11.8 Å². The number of halogens is 2. The molecule has 3 fully saturated rings. The fourth-order valence-electron chi connectivity index (χ4n) is 10.2. The van der Waals surface area contributed by atoms with Crippen LogP contribution in [0, 0.1) is 23.5 Å². The Morgan fingerprint density at radius 3 is 1.56 bits per heavy atom. The van der Waals surface area contributed by atoms with Gasteiger partial charge in [-0.15, -0.1) is 0 Å². The Hall–Kier alpha value is -6.26. The van der Waals surface area contributed by atoms with Crippen LogP contribution in [0.15, 0.2) is 48.5 Å². The molecule has 15 nitrogen and oxygen atoms in total. The highest BCUT2D eigenvalue weighted by molar-refractivity contribution is 5.87. The van der Waals surface area contributed by atoms with Crippen LogP contribution in [-0.4, -0.2) is 91.1 Å². The summed E-state index contributed by atoms with van der Waals surface area (Å²) in [5.74, 6) is -1.23. The van der Waals surface area contributed by atoms with Crippen LogP contribution in [0.2, 0.25) is 0 Å². The molecule has 8 rings (SSSR count). The van der Waals surface area contributed by atoms with Gasteiger partial charge in [0.05, 0.1) is 42.3 Å². The number of ether oxygens (including phenoxy) is 1. The monoisotopic (exact) mass is 909 g/mol. The summed E-state index contributed by atoms with van der Waals surface area (Å²) in [5.41, 5.74) is 3.85. The molecule has 3 aromatic carbocycles. The van der Waals surface area contributed by atoms with Gasteiger partial charge >= 0.3 is 12.2 Å². The summed E-state index contributed by atoms with van der Waals surface area (Å²) in [6.07, 6.45) is 1.61. The van der Waals surface area contributed by atoms with Gasteiger partial charge in [-0.25, -0.2) is 28.3 Å². The Bertz CT molecular complexity index is 2640. The number of aromatic nitrogens is 4. The van der Waals surface area contributed by atoms with Crippen molar-refractivity contribution in [2.75, 3.05) is 25.1 Å². The molecule has 4 amide bonds. The Balaban J connectivity index is 1.13. The molecule has 3 aliphatic heterocycles. The molecule has 6 atom stereocenters. The van der Waals surface area contributed by atoms with E-state index in [2.05, 4.69) is 58.4 Å². The number of anilines is 1. The number of nitrogens with zero attached hydrogens (tertiary/aromatic N) is 5. The van der Waals surface area contributed by atoms with Crippen LogP contribution in [0.5, 0.6) is 0 Å². The molecule has 5 heterocycles. The minimum atomic E-state index is -1.28. The predicted molar refractivity (Wildman–Crippen MR) is 246 cm³/mol. The topological polar surface area (TPSA) is 189 Å². The number of benzene rings is 3. The standard InChI is InChI=1S/C49H61F2N9O6/c1-25(2)39(56-47(63)64)45(61)58-23-9-11-35(58)43-52-31-19-17-29(37(50)41(31)54-43)33-21-22-34(60(33)28-15-13-27(14-16-28)49(5,6)7)30-18-20-32-42(38(30)51)55-44(53-32)36-12-10-24-59(36)46(62)40(26(3)4)57-48(65)66-8/h13-20,25-26,33-36,39-40,56H,9-12,21-24H2,1-8H3,(H,52,54)(H,53,55)(H,57,65)(H,63,64)/t33-,34-,35+,36+,39+,40+/m1/s1. The summed E-state index contributed by atoms with van der Waals surface area (Å²) in [4.78, 5) is 72.8. The number of hydrogen-bond acceptors (Lipinski definition) is 8. The number of rotatable bonds is 11. The third-order valence-electron chi connectivity index (χ3n) is 13.7. The Kier molecular flexibility index (Phi) is 12.8. The minimum Gasteiger partial charge on any atom is -0.465 e. The lowest BCUT2D eigenvalue weighted by Gasteiger charge is -2.34. The van der Waals surface area contributed by atoms with Gasteiger partial charge in [0, 0.05) is 29.9 Å². The minimum absolute atomic E-state index is 0.124. The number of alkyl carbamates (subject to hydrolysis) is 1. The first-order valence-corrected chi connectivity index (χ1v) is 23.1. The normalized spacial score (nSPS) is 21.1. The summed E-state index contributed by atoms with van der Waals surface area (Å²) in [5, 5.41) is 14.5. The van der Waals surface area contributed by atoms with Crippen LogP contribution in [0.4, 0.5) is 24.1 Å². The van der Waals surface area contributed by atoms with E-state index in [9.17, 15) is 24.3 Å². The van der Waals surface area contributed by atoms with E-state index in [0.29, 0.717) is 85.4 Å². The quantitative estimate of drug-likeness (QED) is 0.0861. The van der Waals surface area contributed by atoms with Gasteiger partial charge in [0.15, 0.2) is 11.6 Å². The van der Waals surface area contributed by atoms with Gasteiger partial charge in [-0.3, -0.25) is 9.59 Å². The smallest absolute Gasteiger partial charge is 0.407 e. The van der Waals surface area contributed by atoms with Crippen LogP contribution in [0.25, 0.3) is 22.1 Å². The van der Waals surface area contributed by atoms with Crippen molar-refractivity contribution in [3.63, 3.8) is 0 Å². The van der Waals surface area contributed by atoms with Crippen LogP contribution in [0.3, 0.4) is 0 Å². The highest BCUT2D eigenvalue weighted by atomic mass is 19.1. The van der Waals surface area contributed by atoms with Crippen LogP contribution >= 0.6 is 0 Å². The lowest BCUT2D eigenvalue weighted by Crippen LogP contribution is -2.51. The fraction of sp³-hybridized carbons (Fsp3) is 0.510. The molecule has 0 spiro atoms. The molecule has 66 heavy (non-hydrogen) atoms. The first kappa shape index (κ1) is 46.3. The van der Waals surface area contributed by atoms with Crippen molar-refractivity contribution in [3.05, 3.63) is 88.5 Å². The van der Waals surface area contributed by atoms with Gasteiger partial charge in [-0.2, -0.15) is 0 Å². The average molecular weight is 910 g/mol. The zero-order valence-corrected chi connectivity index (χ0v) is 38.9. The van der Waals surface area contributed by atoms with Crippen LogP contribution in [0.1, 0.15) is 139 Å². The molecule has 0 saturated carbocycles. The molecule has 3 saturated heterocycles. The number of hydrogen-bond donors (Lipinski definition) is 5. The number of amides is 4. The van der Waals surface area contributed by atoms with E-state index in [0.717, 1.165) is 11.3 Å². The molecule has 0 radical (unpaired) electrons. The van der Waals surface area contributed by atoms with Crippen molar-refractivity contribution in [1.82, 2.24) is 40.4 Å². The second-order valence-electron chi connectivity index (χ2n) is 19.7. The van der Waals surface area contributed by atoms with Gasteiger partial charge in [0.25, 0.3) is 0 Å². The van der Waals surface area contributed by atoms with Gasteiger partial charge in [-0.1, -0.05) is 72.7 Å². The molecule has 2 aromatic heterocycles. The largest absolute Gasteiger partial charge is 0.465 e.